The maximum Gasteiger partial charge on any atom is 0.252 e. The smallest absolute Gasteiger partial charge is 0.252 e. The number of carbonyl (C=O) groups excluding carboxylic acids is 2. The molecule has 2 aromatic carbocycles. The first-order chi connectivity index (χ1) is 18.3. The van der Waals surface area contributed by atoms with Crippen LogP contribution < -0.4 is 15.6 Å². The number of hydrogen-bond donors (Lipinski definition) is 1. The van der Waals surface area contributed by atoms with Crippen molar-refractivity contribution >= 4 is 29.0 Å². The van der Waals surface area contributed by atoms with Crippen LogP contribution in [0.15, 0.2) is 59.5 Å². The van der Waals surface area contributed by atoms with Crippen LogP contribution in [0.1, 0.15) is 48.1 Å². The van der Waals surface area contributed by atoms with Gasteiger partial charge in [0.05, 0.1) is 24.9 Å². The zero-order valence-electron chi connectivity index (χ0n) is 21.2. The van der Waals surface area contributed by atoms with Gasteiger partial charge in [0.25, 0.3) is 5.56 Å². The lowest BCUT2D eigenvalue weighted by Gasteiger charge is -2.28. The summed E-state index contributed by atoms with van der Waals surface area (Å²) >= 11 is 6.18. The van der Waals surface area contributed by atoms with Gasteiger partial charge in [-0.05, 0) is 74.6 Å². The standard InChI is InChI=1S/C29H28ClN3O5/c1-18(34)20-6-9-23(10-7-20)32-29(36)26(12-19-4-3-11-38-17-19)33-16-27(37-2)25(14-28(33)35)24-13-22(30)8-5-21(24)15-31/h5-10,13-14,16,19,26H,3-4,11-12,17H2,1-2H3,(H,32,36). The Kier molecular flexibility index (Phi) is 8.62. The average Bonchev–Trinajstić information content (AvgIpc) is 2.92. The van der Waals surface area contributed by atoms with Crippen molar-refractivity contribution in [2.75, 3.05) is 25.6 Å². The molecule has 1 N–H and O–H groups in total. The second-order valence-corrected chi connectivity index (χ2v) is 9.70. The van der Waals surface area contributed by atoms with E-state index in [4.69, 9.17) is 21.1 Å². The van der Waals surface area contributed by atoms with Gasteiger partial charge in [0, 0.05) is 46.7 Å². The molecule has 1 aliphatic heterocycles. The minimum Gasteiger partial charge on any atom is -0.495 e. The normalized spacial score (nSPS) is 15.8. The van der Waals surface area contributed by atoms with Gasteiger partial charge in [0.15, 0.2) is 5.78 Å². The molecule has 196 valence electrons. The van der Waals surface area contributed by atoms with Crippen molar-refractivity contribution in [2.24, 2.45) is 5.92 Å². The highest BCUT2D eigenvalue weighted by Gasteiger charge is 2.28. The zero-order chi connectivity index (χ0) is 27.2. The van der Waals surface area contributed by atoms with E-state index < -0.39 is 11.6 Å². The van der Waals surface area contributed by atoms with Crippen molar-refractivity contribution in [1.29, 1.82) is 5.26 Å². The van der Waals surface area contributed by atoms with Crippen LogP contribution in [0.25, 0.3) is 11.1 Å². The van der Waals surface area contributed by atoms with E-state index in [0.29, 0.717) is 58.3 Å². The number of carbonyl (C=O) groups is 2. The van der Waals surface area contributed by atoms with Crippen LogP contribution in [0.2, 0.25) is 5.02 Å². The number of benzene rings is 2. The summed E-state index contributed by atoms with van der Waals surface area (Å²) in [7, 11) is 1.46. The maximum absolute atomic E-state index is 13.6. The number of ketones is 1. The number of nitrogens with one attached hydrogen (secondary N) is 1. The largest absolute Gasteiger partial charge is 0.495 e. The molecule has 9 heteroatoms. The van der Waals surface area contributed by atoms with Gasteiger partial charge in [-0.15, -0.1) is 0 Å². The van der Waals surface area contributed by atoms with E-state index in [9.17, 15) is 19.6 Å². The molecule has 1 aromatic heterocycles. The molecule has 0 radical (unpaired) electrons. The first-order valence-corrected chi connectivity index (χ1v) is 12.7. The highest BCUT2D eigenvalue weighted by atomic mass is 35.5. The number of ether oxygens (including phenoxy) is 2. The fourth-order valence-electron chi connectivity index (χ4n) is 4.65. The number of aromatic nitrogens is 1. The number of halogens is 1. The highest BCUT2D eigenvalue weighted by Crippen LogP contribution is 2.34. The Bertz CT molecular complexity index is 1440. The van der Waals surface area contributed by atoms with Crippen LogP contribution >= 0.6 is 11.6 Å². The third-order valence-corrected chi connectivity index (χ3v) is 6.90. The molecule has 1 saturated heterocycles. The molecule has 1 aliphatic rings. The highest BCUT2D eigenvalue weighted by molar-refractivity contribution is 6.31. The second-order valence-electron chi connectivity index (χ2n) is 9.26. The number of methoxy groups -OCH3 is 1. The number of nitrogens with zero attached hydrogens (tertiary/aromatic N) is 2. The third kappa shape index (κ3) is 6.13. The fourth-order valence-corrected chi connectivity index (χ4v) is 4.82. The van der Waals surface area contributed by atoms with Crippen LogP contribution in [-0.2, 0) is 9.53 Å². The van der Waals surface area contributed by atoms with Gasteiger partial charge in [0.2, 0.25) is 5.91 Å². The van der Waals surface area contributed by atoms with Gasteiger partial charge in [-0.3, -0.25) is 19.0 Å². The van der Waals surface area contributed by atoms with E-state index in [1.165, 1.54) is 30.9 Å². The SMILES string of the molecule is COc1cn(C(CC2CCCOC2)C(=O)Nc2ccc(C(C)=O)cc2)c(=O)cc1-c1cc(Cl)ccc1C#N. The lowest BCUT2D eigenvalue weighted by molar-refractivity contribution is -0.120. The molecular weight excluding hydrogens is 506 g/mol. The molecule has 4 rings (SSSR count). The molecule has 3 aromatic rings. The van der Waals surface area contributed by atoms with Crippen LogP contribution in [0.4, 0.5) is 5.69 Å². The molecule has 0 bridgehead atoms. The average molecular weight is 534 g/mol. The number of rotatable bonds is 8. The lowest BCUT2D eigenvalue weighted by atomic mass is 9.93. The molecule has 2 unspecified atom stereocenters. The monoisotopic (exact) mass is 533 g/mol. The summed E-state index contributed by atoms with van der Waals surface area (Å²) in [5, 5.41) is 12.9. The number of Topliss-reactive ketones (excluding diaryl/α,β-unsaturated/α-hetero) is 1. The number of amides is 1. The fraction of sp³-hybridized carbons (Fsp3) is 0.310. The minimum atomic E-state index is -0.848. The molecule has 0 spiro atoms. The summed E-state index contributed by atoms with van der Waals surface area (Å²) in [6.07, 6.45) is 3.66. The zero-order valence-corrected chi connectivity index (χ0v) is 22.0. The van der Waals surface area contributed by atoms with Crippen LogP contribution in [0.5, 0.6) is 5.75 Å². The molecular formula is C29H28ClN3O5. The first kappa shape index (κ1) is 27.1. The summed E-state index contributed by atoms with van der Waals surface area (Å²) in [6, 6.07) is 14.0. The van der Waals surface area contributed by atoms with Gasteiger partial charge < -0.3 is 14.8 Å². The molecule has 1 amide bonds. The predicted octanol–water partition coefficient (Wildman–Crippen LogP) is 5.25. The summed E-state index contributed by atoms with van der Waals surface area (Å²) in [6.45, 7) is 2.66. The van der Waals surface area contributed by atoms with E-state index >= 15 is 0 Å². The summed E-state index contributed by atoms with van der Waals surface area (Å²) in [5.74, 6) is -0.0262. The molecule has 0 saturated carbocycles. The van der Waals surface area contributed by atoms with Gasteiger partial charge in [0.1, 0.15) is 11.8 Å². The second kappa shape index (κ2) is 12.1. The number of nitriles is 1. The predicted molar refractivity (Wildman–Crippen MR) is 145 cm³/mol. The van der Waals surface area contributed by atoms with Crippen molar-refractivity contribution in [1.82, 2.24) is 4.57 Å². The Morgan fingerprint density at radius 2 is 1.97 bits per heavy atom. The molecule has 38 heavy (non-hydrogen) atoms. The summed E-state index contributed by atoms with van der Waals surface area (Å²) in [4.78, 5) is 38.7. The Labute approximate surface area is 225 Å². The summed E-state index contributed by atoms with van der Waals surface area (Å²) < 4.78 is 12.6. The Balaban J connectivity index is 1.73. The van der Waals surface area contributed by atoms with Crippen molar-refractivity contribution in [2.45, 2.75) is 32.2 Å². The minimum absolute atomic E-state index is 0.0731. The number of anilines is 1. The summed E-state index contributed by atoms with van der Waals surface area (Å²) in [5.41, 5.74) is 1.84. The van der Waals surface area contributed by atoms with Gasteiger partial charge in [-0.2, -0.15) is 5.26 Å². The van der Waals surface area contributed by atoms with E-state index in [-0.39, 0.29) is 17.6 Å². The molecule has 1 fully saturated rings. The Morgan fingerprint density at radius 3 is 2.61 bits per heavy atom. The van der Waals surface area contributed by atoms with Gasteiger partial charge >= 0.3 is 0 Å². The maximum atomic E-state index is 13.6. The number of pyridine rings is 1. The Morgan fingerprint density at radius 1 is 1.21 bits per heavy atom. The lowest BCUT2D eigenvalue weighted by Crippen LogP contribution is -2.35. The molecule has 2 atom stereocenters. The van der Waals surface area contributed by atoms with Crippen LogP contribution in [0.3, 0.4) is 0 Å². The van der Waals surface area contributed by atoms with Crippen molar-refractivity contribution in [3.63, 3.8) is 0 Å². The van der Waals surface area contributed by atoms with E-state index in [1.54, 1.807) is 42.5 Å². The van der Waals surface area contributed by atoms with E-state index in [1.807, 2.05) is 0 Å². The Hall–Kier alpha value is -3.93. The topological polar surface area (TPSA) is 110 Å². The van der Waals surface area contributed by atoms with Crippen LogP contribution in [-0.4, -0.2) is 36.6 Å². The van der Waals surface area contributed by atoms with E-state index in [0.717, 1.165) is 12.8 Å². The van der Waals surface area contributed by atoms with Crippen molar-refractivity contribution in [3.8, 4) is 22.9 Å². The quantitative estimate of drug-likeness (QED) is 0.396. The molecule has 2 heterocycles. The molecule has 8 nitrogen and oxygen atoms in total. The van der Waals surface area contributed by atoms with Crippen LogP contribution in [0, 0.1) is 17.2 Å². The van der Waals surface area contributed by atoms with E-state index in [2.05, 4.69) is 11.4 Å². The molecule has 0 aliphatic carbocycles. The van der Waals surface area contributed by atoms with Crippen molar-refractivity contribution in [3.05, 3.63) is 81.2 Å². The number of hydrogen-bond acceptors (Lipinski definition) is 6. The van der Waals surface area contributed by atoms with Gasteiger partial charge in [-0.25, -0.2) is 0 Å². The van der Waals surface area contributed by atoms with Gasteiger partial charge in [-0.1, -0.05) is 11.6 Å². The van der Waals surface area contributed by atoms with Crippen molar-refractivity contribution < 1.29 is 19.1 Å². The first-order valence-electron chi connectivity index (χ1n) is 12.3. The third-order valence-electron chi connectivity index (χ3n) is 6.66.